The third-order valence-electron chi connectivity index (χ3n) is 2.75. The first kappa shape index (κ1) is 12.8. The topological polar surface area (TPSA) is 52.7 Å². The Kier molecular flexibility index (Phi) is 3.52. The molecule has 0 amide bonds. The van der Waals surface area contributed by atoms with Crippen LogP contribution in [0, 0.1) is 0 Å². The van der Waals surface area contributed by atoms with Crippen LogP contribution in [0.15, 0.2) is 12.4 Å². The Morgan fingerprint density at radius 3 is 2.72 bits per heavy atom. The lowest BCUT2D eigenvalue weighted by molar-refractivity contribution is 0.112. The van der Waals surface area contributed by atoms with Crippen molar-refractivity contribution in [3.63, 3.8) is 0 Å². The lowest BCUT2D eigenvalue weighted by Gasteiger charge is -2.02. The van der Waals surface area contributed by atoms with Crippen molar-refractivity contribution in [1.29, 1.82) is 0 Å². The summed E-state index contributed by atoms with van der Waals surface area (Å²) in [5, 5.41) is 8.96. The molecule has 0 aromatic carbocycles. The third kappa shape index (κ3) is 2.06. The van der Waals surface area contributed by atoms with Crippen molar-refractivity contribution >= 4 is 17.9 Å². The van der Waals surface area contributed by atoms with Crippen LogP contribution in [0.5, 0.6) is 0 Å². The summed E-state index contributed by atoms with van der Waals surface area (Å²) in [6, 6.07) is 0.266. The molecule has 2 aromatic rings. The summed E-state index contributed by atoms with van der Waals surface area (Å²) >= 11 is 6.09. The first-order valence-electron chi connectivity index (χ1n) is 5.84. The van der Waals surface area contributed by atoms with Gasteiger partial charge in [0.25, 0.3) is 0 Å². The van der Waals surface area contributed by atoms with Gasteiger partial charge >= 0.3 is 0 Å². The number of nitrogens with zero attached hydrogens (tertiary/aromatic N) is 4. The fraction of sp³-hybridized carbons (Fsp3) is 0.417. The van der Waals surface area contributed by atoms with Crippen molar-refractivity contribution < 1.29 is 4.79 Å². The van der Waals surface area contributed by atoms with Crippen LogP contribution < -0.4 is 0 Å². The summed E-state index contributed by atoms with van der Waals surface area (Å²) in [6.07, 6.45) is 4.31. The molecule has 18 heavy (non-hydrogen) atoms. The number of hydrogen-bond donors (Lipinski definition) is 0. The zero-order chi connectivity index (χ0) is 13.3. The average Bonchev–Trinajstić information content (AvgIpc) is 2.93. The molecule has 0 saturated heterocycles. The molecule has 2 rings (SSSR count). The highest BCUT2D eigenvalue weighted by Gasteiger charge is 2.18. The predicted molar refractivity (Wildman–Crippen MR) is 69.9 cm³/mol. The molecule has 0 bridgehead atoms. The Balaban J connectivity index is 2.52. The zero-order valence-electron chi connectivity index (χ0n) is 10.6. The Labute approximate surface area is 110 Å². The van der Waals surface area contributed by atoms with Gasteiger partial charge in [-0.15, -0.1) is 0 Å². The van der Waals surface area contributed by atoms with Gasteiger partial charge in [0.1, 0.15) is 10.8 Å². The fourth-order valence-corrected chi connectivity index (χ4v) is 2.02. The smallest absolute Gasteiger partial charge is 0.155 e. The molecule has 6 heteroatoms. The molecule has 0 aliphatic carbocycles. The standard InChI is InChI=1S/C12H15ClN4O/c1-4-16-12(13)10(7-18)11(15-16)9-5-14-17(6-9)8(2)3/h5-8H,4H2,1-3H3. The minimum Gasteiger partial charge on any atom is -0.298 e. The molecular weight excluding hydrogens is 252 g/mol. The van der Waals surface area contributed by atoms with E-state index < -0.39 is 0 Å². The maximum atomic E-state index is 11.1. The van der Waals surface area contributed by atoms with E-state index in [2.05, 4.69) is 10.2 Å². The summed E-state index contributed by atoms with van der Waals surface area (Å²) in [5.41, 5.74) is 1.81. The number of aromatic nitrogens is 4. The van der Waals surface area contributed by atoms with Gasteiger partial charge in [-0.25, -0.2) is 0 Å². The lowest BCUT2D eigenvalue weighted by Crippen LogP contribution is -1.99. The first-order chi connectivity index (χ1) is 8.58. The second kappa shape index (κ2) is 4.94. The quantitative estimate of drug-likeness (QED) is 0.800. The highest BCUT2D eigenvalue weighted by atomic mass is 35.5. The zero-order valence-corrected chi connectivity index (χ0v) is 11.3. The van der Waals surface area contributed by atoms with Crippen LogP contribution >= 0.6 is 11.6 Å². The van der Waals surface area contributed by atoms with E-state index in [1.807, 2.05) is 31.6 Å². The number of rotatable bonds is 4. The van der Waals surface area contributed by atoms with E-state index >= 15 is 0 Å². The maximum Gasteiger partial charge on any atom is 0.155 e. The summed E-state index contributed by atoms with van der Waals surface area (Å²) < 4.78 is 3.43. The van der Waals surface area contributed by atoms with Crippen molar-refractivity contribution in [2.45, 2.75) is 33.4 Å². The Bertz CT molecular complexity index is 571. The highest BCUT2D eigenvalue weighted by Crippen LogP contribution is 2.27. The van der Waals surface area contributed by atoms with E-state index in [1.165, 1.54) is 0 Å². The molecule has 96 valence electrons. The third-order valence-corrected chi connectivity index (χ3v) is 3.14. The molecule has 0 aliphatic rings. The monoisotopic (exact) mass is 266 g/mol. The Morgan fingerprint density at radius 2 is 2.22 bits per heavy atom. The van der Waals surface area contributed by atoms with Crippen LogP contribution in [0.3, 0.4) is 0 Å². The van der Waals surface area contributed by atoms with Crippen molar-refractivity contribution in [2.24, 2.45) is 0 Å². The van der Waals surface area contributed by atoms with E-state index in [0.717, 1.165) is 11.8 Å². The van der Waals surface area contributed by atoms with Crippen LogP contribution in [0.1, 0.15) is 37.2 Å². The molecule has 0 radical (unpaired) electrons. The van der Waals surface area contributed by atoms with Crippen molar-refractivity contribution in [2.75, 3.05) is 0 Å². The normalized spacial score (nSPS) is 11.2. The van der Waals surface area contributed by atoms with E-state index in [0.29, 0.717) is 23.0 Å². The first-order valence-corrected chi connectivity index (χ1v) is 6.22. The van der Waals surface area contributed by atoms with E-state index in [9.17, 15) is 4.79 Å². The van der Waals surface area contributed by atoms with Crippen molar-refractivity contribution in [1.82, 2.24) is 19.6 Å². The SMILES string of the molecule is CCn1nc(-c2cnn(C(C)C)c2)c(C=O)c1Cl. The molecule has 0 atom stereocenters. The van der Waals surface area contributed by atoms with Crippen LogP contribution in [0.4, 0.5) is 0 Å². The number of aryl methyl sites for hydroxylation is 1. The fourth-order valence-electron chi connectivity index (χ4n) is 1.73. The van der Waals surface area contributed by atoms with Gasteiger partial charge in [0.05, 0.1) is 11.8 Å². The van der Waals surface area contributed by atoms with Gasteiger partial charge in [0, 0.05) is 24.3 Å². The van der Waals surface area contributed by atoms with E-state index in [4.69, 9.17) is 11.6 Å². The molecule has 5 nitrogen and oxygen atoms in total. The van der Waals surface area contributed by atoms with E-state index in [-0.39, 0.29) is 6.04 Å². The number of carbonyl (C=O) groups is 1. The second-order valence-electron chi connectivity index (χ2n) is 4.29. The molecule has 0 spiro atoms. The maximum absolute atomic E-state index is 11.1. The average molecular weight is 267 g/mol. The highest BCUT2D eigenvalue weighted by molar-refractivity contribution is 6.32. The number of halogens is 1. The van der Waals surface area contributed by atoms with Gasteiger partial charge in [0.15, 0.2) is 6.29 Å². The van der Waals surface area contributed by atoms with Gasteiger partial charge in [-0.3, -0.25) is 14.2 Å². The van der Waals surface area contributed by atoms with Gasteiger partial charge in [0.2, 0.25) is 0 Å². The summed E-state index contributed by atoms with van der Waals surface area (Å²) in [5.74, 6) is 0. The summed E-state index contributed by atoms with van der Waals surface area (Å²) in [7, 11) is 0. The molecule has 0 saturated carbocycles. The van der Waals surface area contributed by atoms with E-state index in [1.54, 1.807) is 10.9 Å². The lowest BCUT2D eigenvalue weighted by atomic mass is 10.2. The van der Waals surface area contributed by atoms with Crippen LogP contribution in [-0.4, -0.2) is 25.8 Å². The van der Waals surface area contributed by atoms with Crippen LogP contribution in [0.25, 0.3) is 11.3 Å². The van der Waals surface area contributed by atoms with Gasteiger partial charge in [-0.1, -0.05) is 11.6 Å². The Morgan fingerprint density at radius 1 is 1.50 bits per heavy atom. The van der Waals surface area contributed by atoms with Crippen molar-refractivity contribution in [3.8, 4) is 11.3 Å². The minimum absolute atomic E-state index is 0.266. The predicted octanol–water partition coefficient (Wildman–Crippen LogP) is 2.81. The van der Waals surface area contributed by atoms with Crippen LogP contribution in [0.2, 0.25) is 5.15 Å². The molecule has 2 aromatic heterocycles. The van der Waals surface area contributed by atoms with Crippen molar-refractivity contribution in [3.05, 3.63) is 23.1 Å². The molecule has 0 fully saturated rings. The number of aldehydes is 1. The molecule has 0 aliphatic heterocycles. The summed E-state index contributed by atoms with van der Waals surface area (Å²) in [6.45, 7) is 6.62. The molecular formula is C12H15ClN4O. The molecule has 2 heterocycles. The summed E-state index contributed by atoms with van der Waals surface area (Å²) in [4.78, 5) is 11.1. The van der Waals surface area contributed by atoms with Crippen LogP contribution in [-0.2, 0) is 6.54 Å². The minimum atomic E-state index is 0.266. The number of carbonyl (C=O) groups excluding carboxylic acids is 1. The van der Waals surface area contributed by atoms with Gasteiger partial charge in [-0.2, -0.15) is 10.2 Å². The molecule has 0 unspecified atom stereocenters. The Hall–Kier alpha value is -1.62. The number of hydrogen-bond acceptors (Lipinski definition) is 3. The largest absolute Gasteiger partial charge is 0.298 e. The van der Waals surface area contributed by atoms with Gasteiger partial charge in [-0.05, 0) is 20.8 Å². The second-order valence-corrected chi connectivity index (χ2v) is 4.65. The molecule has 0 N–H and O–H groups in total. The van der Waals surface area contributed by atoms with Gasteiger partial charge < -0.3 is 0 Å².